The van der Waals surface area contributed by atoms with E-state index in [0.717, 1.165) is 16.0 Å². The topological polar surface area (TPSA) is 52.8 Å². The van der Waals surface area contributed by atoms with Gasteiger partial charge in [-0.3, -0.25) is 4.79 Å². The Bertz CT molecular complexity index is 978. The SMILES string of the molecule is COCCn1c(=NC(=O)c2cccc(Cl)c2)sc2cc(OC)ccc21. The largest absolute Gasteiger partial charge is 0.497 e. The van der Waals surface area contributed by atoms with Gasteiger partial charge in [0.1, 0.15) is 5.75 Å². The third kappa shape index (κ3) is 3.92. The van der Waals surface area contributed by atoms with E-state index in [4.69, 9.17) is 21.1 Å². The first-order chi connectivity index (χ1) is 12.1. The second-order valence-electron chi connectivity index (χ2n) is 5.29. The summed E-state index contributed by atoms with van der Waals surface area (Å²) >= 11 is 7.40. The quantitative estimate of drug-likeness (QED) is 0.681. The monoisotopic (exact) mass is 376 g/mol. The Labute approximate surface area is 154 Å². The van der Waals surface area contributed by atoms with Crippen LogP contribution in [0.1, 0.15) is 10.4 Å². The van der Waals surface area contributed by atoms with E-state index in [0.29, 0.717) is 28.5 Å². The van der Waals surface area contributed by atoms with E-state index in [9.17, 15) is 4.79 Å². The fraction of sp³-hybridized carbons (Fsp3) is 0.222. The first-order valence-electron chi connectivity index (χ1n) is 7.63. The number of halogens is 1. The summed E-state index contributed by atoms with van der Waals surface area (Å²) < 4.78 is 13.4. The van der Waals surface area contributed by atoms with Crippen LogP contribution in [0.3, 0.4) is 0 Å². The van der Waals surface area contributed by atoms with Crippen LogP contribution in [0.2, 0.25) is 5.02 Å². The molecule has 0 aliphatic rings. The highest BCUT2D eigenvalue weighted by atomic mass is 35.5. The lowest BCUT2D eigenvalue weighted by Gasteiger charge is -2.05. The zero-order valence-corrected chi connectivity index (χ0v) is 15.4. The minimum Gasteiger partial charge on any atom is -0.497 e. The minimum atomic E-state index is -0.327. The molecule has 3 rings (SSSR count). The zero-order valence-electron chi connectivity index (χ0n) is 13.9. The molecule has 2 aromatic carbocycles. The summed E-state index contributed by atoms with van der Waals surface area (Å²) in [5.41, 5.74) is 1.45. The van der Waals surface area contributed by atoms with Crippen LogP contribution < -0.4 is 9.54 Å². The number of hydrogen-bond donors (Lipinski definition) is 0. The number of hydrogen-bond acceptors (Lipinski definition) is 4. The van der Waals surface area contributed by atoms with Crippen LogP contribution in [0.4, 0.5) is 0 Å². The zero-order chi connectivity index (χ0) is 17.8. The molecule has 0 N–H and O–H groups in total. The normalized spacial score (nSPS) is 11.9. The van der Waals surface area contributed by atoms with Gasteiger partial charge < -0.3 is 14.0 Å². The van der Waals surface area contributed by atoms with Crippen LogP contribution >= 0.6 is 22.9 Å². The predicted molar refractivity (Wildman–Crippen MR) is 99.6 cm³/mol. The van der Waals surface area contributed by atoms with Crippen molar-refractivity contribution in [1.82, 2.24) is 4.57 Å². The summed E-state index contributed by atoms with van der Waals surface area (Å²) in [5, 5.41) is 0.509. The van der Waals surface area contributed by atoms with Crippen molar-refractivity contribution in [2.75, 3.05) is 20.8 Å². The molecular formula is C18H17ClN2O3S. The average molecular weight is 377 g/mol. The number of methoxy groups -OCH3 is 2. The molecule has 0 aliphatic carbocycles. The molecule has 0 unspecified atom stereocenters. The number of ether oxygens (including phenoxy) is 2. The highest BCUT2D eigenvalue weighted by molar-refractivity contribution is 7.16. The van der Waals surface area contributed by atoms with Crippen LogP contribution in [-0.2, 0) is 11.3 Å². The molecule has 0 aliphatic heterocycles. The molecule has 0 fully saturated rings. The van der Waals surface area contributed by atoms with Crippen LogP contribution in [0.5, 0.6) is 5.75 Å². The van der Waals surface area contributed by atoms with Gasteiger partial charge in [0, 0.05) is 24.2 Å². The number of benzene rings is 2. The van der Waals surface area contributed by atoms with Gasteiger partial charge in [-0.05, 0) is 36.4 Å². The van der Waals surface area contributed by atoms with Crippen LogP contribution in [0.15, 0.2) is 47.5 Å². The van der Waals surface area contributed by atoms with E-state index in [2.05, 4.69) is 4.99 Å². The highest BCUT2D eigenvalue weighted by Gasteiger charge is 2.10. The molecule has 0 atom stereocenters. The van der Waals surface area contributed by atoms with Crippen molar-refractivity contribution in [2.24, 2.45) is 4.99 Å². The van der Waals surface area contributed by atoms with Gasteiger partial charge >= 0.3 is 0 Å². The maximum atomic E-state index is 12.5. The van der Waals surface area contributed by atoms with Crippen LogP contribution in [0, 0.1) is 0 Å². The molecule has 1 amide bonds. The first kappa shape index (κ1) is 17.7. The van der Waals surface area contributed by atoms with Gasteiger partial charge in [0.2, 0.25) is 0 Å². The number of carbonyl (C=O) groups excluding carboxylic acids is 1. The van der Waals surface area contributed by atoms with Crippen molar-refractivity contribution in [3.05, 3.63) is 57.9 Å². The number of aromatic nitrogens is 1. The second kappa shape index (κ2) is 7.82. The summed E-state index contributed by atoms with van der Waals surface area (Å²) in [7, 11) is 3.27. The van der Waals surface area contributed by atoms with Gasteiger partial charge in [-0.2, -0.15) is 4.99 Å². The van der Waals surface area contributed by atoms with Crippen molar-refractivity contribution < 1.29 is 14.3 Å². The molecule has 3 aromatic rings. The number of nitrogens with zero attached hydrogens (tertiary/aromatic N) is 2. The molecular weight excluding hydrogens is 360 g/mol. The Morgan fingerprint density at radius 3 is 2.80 bits per heavy atom. The summed E-state index contributed by atoms with van der Waals surface area (Å²) in [4.78, 5) is 17.4. The Morgan fingerprint density at radius 2 is 2.08 bits per heavy atom. The average Bonchev–Trinajstić information content (AvgIpc) is 2.95. The number of rotatable bonds is 5. The molecule has 0 saturated heterocycles. The lowest BCUT2D eigenvalue weighted by atomic mass is 10.2. The highest BCUT2D eigenvalue weighted by Crippen LogP contribution is 2.23. The number of fused-ring (bicyclic) bond motifs is 1. The van der Waals surface area contributed by atoms with Gasteiger partial charge in [0.25, 0.3) is 5.91 Å². The number of amides is 1. The Balaban J connectivity index is 2.11. The molecule has 25 heavy (non-hydrogen) atoms. The Hall–Kier alpha value is -2.15. The maximum Gasteiger partial charge on any atom is 0.279 e. The minimum absolute atomic E-state index is 0.327. The summed E-state index contributed by atoms with van der Waals surface area (Å²) in [6.07, 6.45) is 0. The van der Waals surface area contributed by atoms with E-state index < -0.39 is 0 Å². The molecule has 5 nitrogen and oxygen atoms in total. The fourth-order valence-electron chi connectivity index (χ4n) is 2.44. The predicted octanol–water partition coefficient (Wildman–Crippen LogP) is 3.75. The van der Waals surface area contributed by atoms with E-state index in [1.165, 1.54) is 11.3 Å². The van der Waals surface area contributed by atoms with E-state index >= 15 is 0 Å². The van der Waals surface area contributed by atoms with Crippen molar-refractivity contribution >= 4 is 39.1 Å². The molecule has 7 heteroatoms. The van der Waals surface area contributed by atoms with Crippen LogP contribution in [0.25, 0.3) is 10.2 Å². The van der Waals surface area contributed by atoms with E-state index in [1.54, 1.807) is 38.5 Å². The molecule has 1 aromatic heterocycles. The number of thiazole rings is 1. The molecule has 0 spiro atoms. The van der Waals surface area contributed by atoms with Gasteiger partial charge in [-0.1, -0.05) is 29.0 Å². The van der Waals surface area contributed by atoms with Crippen molar-refractivity contribution in [3.63, 3.8) is 0 Å². The van der Waals surface area contributed by atoms with Gasteiger partial charge in [0.15, 0.2) is 4.80 Å². The molecule has 0 radical (unpaired) electrons. The van der Waals surface area contributed by atoms with Crippen molar-refractivity contribution in [1.29, 1.82) is 0 Å². The lowest BCUT2D eigenvalue weighted by Crippen LogP contribution is -2.19. The summed E-state index contributed by atoms with van der Waals surface area (Å²) in [6.45, 7) is 1.13. The molecule has 0 bridgehead atoms. The lowest BCUT2D eigenvalue weighted by molar-refractivity contribution is 0.0997. The van der Waals surface area contributed by atoms with Gasteiger partial charge in [-0.15, -0.1) is 0 Å². The van der Waals surface area contributed by atoms with Crippen molar-refractivity contribution in [3.8, 4) is 5.75 Å². The Morgan fingerprint density at radius 1 is 1.24 bits per heavy atom. The fourth-order valence-corrected chi connectivity index (χ4v) is 3.71. The Kier molecular flexibility index (Phi) is 5.53. The van der Waals surface area contributed by atoms with Gasteiger partial charge in [0.05, 0.1) is 23.9 Å². The van der Waals surface area contributed by atoms with Crippen LogP contribution in [-0.4, -0.2) is 31.3 Å². The summed E-state index contributed by atoms with van der Waals surface area (Å²) in [6, 6.07) is 12.6. The molecule has 1 heterocycles. The second-order valence-corrected chi connectivity index (χ2v) is 6.74. The third-order valence-electron chi connectivity index (χ3n) is 3.68. The maximum absolute atomic E-state index is 12.5. The van der Waals surface area contributed by atoms with E-state index in [1.807, 2.05) is 22.8 Å². The standard InChI is InChI=1S/C18H17ClN2O3S/c1-23-9-8-21-15-7-6-14(24-2)11-16(15)25-18(21)20-17(22)12-4-3-5-13(19)10-12/h3-7,10-11H,8-9H2,1-2H3. The molecule has 0 saturated carbocycles. The van der Waals surface area contributed by atoms with Gasteiger partial charge in [-0.25, -0.2) is 0 Å². The summed E-state index contributed by atoms with van der Waals surface area (Å²) in [5.74, 6) is 0.438. The van der Waals surface area contributed by atoms with E-state index in [-0.39, 0.29) is 5.91 Å². The van der Waals surface area contributed by atoms with Crippen molar-refractivity contribution in [2.45, 2.75) is 6.54 Å². The smallest absolute Gasteiger partial charge is 0.279 e. The first-order valence-corrected chi connectivity index (χ1v) is 8.83. The number of carbonyl (C=O) groups is 1. The molecule has 130 valence electrons. The third-order valence-corrected chi connectivity index (χ3v) is 4.95.